The summed E-state index contributed by atoms with van der Waals surface area (Å²) >= 11 is 12.7. The molecular weight excluding hydrogens is 449 g/mol. The molecule has 160 valence electrons. The summed E-state index contributed by atoms with van der Waals surface area (Å²) in [5, 5.41) is 2.96. The maximum absolute atomic E-state index is 13.7. The first-order valence-corrected chi connectivity index (χ1v) is 10.8. The van der Waals surface area contributed by atoms with Gasteiger partial charge in [-0.15, -0.1) is 0 Å². The number of rotatable bonds is 4. The zero-order valence-electron chi connectivity index (χ0n) is 16.7. The van der Waals surface area contributed by atoms with Gasteiger partial charge in [-0.2, -0.15) is 0 Å². The molecule has 1 aromatic heterocycles. The van der Waals surface area contributed by atoms with E-state index in [2.05, 4.69) is 10.3 Å². The molecule has 32 heavy (non-hydrogen) atoms. The van der Waals surface area contributed by atoms with Crippen LogP contribution in [0.4, 0.5) is 5.69 Å². The van der Waals surface area contributed by atoms with Crippen molar-refractivity contribution in [2.75, 3.05) is 5.32 Å². The highest BCUT2D eigenvalue weighted by Crippen LogP contribution is 2.48. The Kier molecular flexibility index (Phi) is 4.92. The molecule has 4 aromatic rings. The van der Waals surface area contributed by atoms with Crippen molar-refractivity contribution in [3.05, 3.63) is 109 Å². The number of halogens is 2. The summed E-state index contributed by atoms with van der Waals surface area (Å²) < 4.78 is 1.23. The Morgan fingerprint density at radius 3 is 2.22 bits per heavy atom. The average molecular weight is 466 g/mol. The molecule has 8 heteroatoms. The van der Waals surface area contributed by atoms with Crippen LogP contribution >= 0.6 is 23.2 Å². The number of hydrogen-bond donors (Lipinski definition) is 2. The zero-order valence-corrected chi connectivity index (χ0v) is 18.2. The largest absolute Gasteiger partial charge is 0.329 e. The normalized spacial score (nSPS) is 14.3. The van der Waals surface area contributed by atoms with Crippen molar-refractivity contribution in [3.63, 3.8) is 0 Å². The third kappa shape index (κ3) is 3.23. The van der Waals surface area contributed by atoms with Gasteiger partial charge in [0.05, 0.1) is 32.2 Å². The van der Waals surface area contributed by atoms with E-state index in [4.69, 9.17) is 23.2 Å². The first kappa shape index (κ1) is 20.5. The first-order valence-electron chi connectivity index (χ1n) is 10.0. The molecule has 2 N–H and O–H groups in total. The Morgan fingerprint density at radius 2 is 1.59 bits per heavy atom. The number of anilines is 1. The highest BCUT2D eigenvalue weighted by Gasteiger charge is 2.48. The maximum atomic E-state index is 13.7. The number of aromatic nitrogens is 2. The fraction of sp³-hybridized carbons (Fsp3) is 0.125. The minimum atomic E-state index is -0.729. The topological polar surface area (TPSA) is 84.0 Å². The Balaban J connectivity index is 1.74. The van der Waals surface area contributed by atoms with E-state index in [1.807, 2.05) is 30.3 Å². The summed E-state index contributed by atoms with van der Waals surface area (Å²) in [6.07, 6.45) is 1.30. The van der Waals surface area contributed by atoms with Gasteiger partial charge in [-0.05, 0) is 36.6 Å². The van der Waals surface area contributed by atoms with Crippen LogP contribution in [0, 0.1) is 0 Å². The Morgan fingerprint density at radius 1 is 0.969 bits per heavy atom. The Hall–Kier alpha value is -3.35. The van der Waals surface area contributed by atoms with Crippen molar-refractivity contribution in [2.24, 2.45) is 0 Å². The zero-order chi connectivity index (χ0) is 22.5. The molecule has 0 saturated heterocycles. The quantitative estimate of drug-likeness (QED) is 0.454. The molecule has 0 spiro atoms. The fourth-order valence-electron chi connectivity index (χ4n) is 4.11. The van der Waals surface area contributed by atoms with Crippen molar-refractivity contribution >= 4 is 45.7 Å². The summed E-state index contributed by atoms with van der Waals surface area (Å²) in [5.74, 6) is -0.447. The van der Waals surface area contributed by atoms with Gasteiger partial charge >= 0.3 is 5.69 Å². The number of hydrogen-bond acceptors (Lipinski definition) is 3. The number of aromatic amines is 1. The lowest BCUT2D eigenvalue weighted by Gasteiger charge is -2.20. The number of carbonyl (C=O) groups excluding carboxylic acids is 1. The number of nitrogens with zero attached hydrogens (tertiary/aromatic N) is 1. The van der Waals surface area contributed by atoms with Gasteiger partial charge in [-0.3, -0.25) is 9.59 Å². The predicted octanol–water partition coefficient (Wildman–Crippen LogP) is 4.79. The molecule has 6 nitrogen and oxygen atoms in total. The van der Waals surface area contributed by atoms with Gasteiger partial charge in [0.1, 0.15) is 0 Å². The van der Waals surface area contributed by atoms with E-state index in [-0.39, 0.29) is 26.6 Å². The molecule has 1 aliphatic rings. The van der Waals surface area contributed by atoms with E-state index in [0.29, 0.717) is 18.4 Å². The highest BCUT2D eigenvalue weighted by atomic mass is 35.5. The molecule has 0 unspecified atom stereocenters. The number of carbonyl (C=O) groups is 1. The molecule has 1 amide bonds. The van der Waals surface area contributed by atoms with E-state index < -0.39 is 22.7 Å². The number of amides is 1. The van der Waals surface area contributed by atoms with Gasteiger partial charge in [-0.25, -0.2) is 9.36 Å². The van der Waals surface area contributed by atoms with Crippen molar-refractivity contribution in [1.82, 2.24) is 9.55 Å². The van der Waals surface area contributed by atoms with E-state index >= 15 is 0 Å². The number of benzene rings is 3. The van der Waals surface area contributed by atoms with Crippen LogP contribution in [0.2, 0.25) is 10.0 Å². The summed E-state index contributed by atoms with van der Waals surface area (Å²) in [6.45, 7) is 0. The second kappa shape index (κ2) is 7.65. The van der Waals surface area contributed by atoms with Crippen LogP contribution in [0.1, 0.15) is 28.8 Å². The van der Waals surface area contributed by atoms with Crippen LogP contribution < -0.4 is 16.6 Å². The number of nitrogens with one attached hydrogen (secondary N) is 2. The lowest BCUT2D eigenvalue weighted by molar-refractivity contribution is 0.102. The molecule has 1 fully saturated rings. The van der Waals surface area contributed by atoms with Gasteiger partial charge in [-0.1, -0.05) is 71.7 Å². The molecule has 0 bridgehead atoms. The molecule has 3 aromatic carbocycles. The van der Waals surface area contributed by atoms with Crippen LogP contribution in [0.15, 0.2) is 76.3 Å². The van der Waals surface area contributed by atoms with Gasteiger partial charge in [0, 0.05) is 5.56 Å². The lowest BCUT2D eigenvalue weighted by atomic mass is 10.0. The standard InChI is InChI=1S/C24H17Cl2N3O3/c25-16-13-17-18(20(19(16)26)28-21(30)14-7-3-1-4-8-14)22(31)29(23(32)27-17)24(11-12-24)15-9-5-2-6-10-15/h1-10,13H,11-12H2,(H,27,32)(H,28,30). The predicted molar refractivity (Wildman–Crippen MR) is 126 cm³/mol. The van der Waals surface area contributed by atoms with E-state index in [9.17, 15) is 14.4 Å². The molecule has 0 atom stereocenters. The second-order valence-electron chi connectivity index (χ2n) is 7.76. The van der Waals surface area contributed by atoms with Crippen LogP contribution in [-0.4, -0.2) is 15.5 Å². The summed E-state index contributed by atoms with van der Waals surface area (Å²) in [7, 11) is 0. The van der Waals surface area contributed by atoms with Crippen LogP contribution in [0.5, 0.6) is 0 Å². The molecule has 1 heterocycles. The first-order chi connectivity index (χ1) is 15.4. The summed E-state index contributed by atoms with van der Waals surface area (Å²) in [6, 6.07) is 19.4. The molecule has 0 radical (unpaired) electrons. The van der Waals surface area contributed by atoms with Crippen LogP contribution in [0.3, 0.4) is 0 Å². The van der Waals surface area contributed by atoms with Gasteiger partial charge in [0.15, 0.2) is 0 Å². The molecule has 1 saturated carbocycles. The SMILES string of the molecule is O=C(Nc1c(Cl)c(Cl)cc2[nH]c(=O)n(C3(c4ccccc4)CC3)c(=O)c12)c1ccccc1. The average Bonchev–Trinajstić information content (AvgIpc) is 3.59. The summed E-state index contributed by atoms with van der Waals surface area (Å²) in [5.41, 5.74) is -0.256. The Bertz CT molecular complexity index is 1470. The molecule has 5 rings (SSSR count). The van der Waals surface area contributed by atoms with Crippen molar-refractivity contribution < 1.29 is 4.79 Å². The number of H-pyrrole nitrogens is 1. The highest BCUT2D eigenvalue weighted by molar-refractivity contribution is 6.45. The second-order valence-corrected chi connectivity index (χ2v) is 8.54. The van der Waals surface area contributed by atoms with Gasteiger partial charge < -0.3 is 10.3 Å². The fourth-order valence-corrected chi connectivity index (χ4v) is 4.51. The van der Waals surface area contributed by atoms with Crippen molar-refractivity contribution in [1.29, 1.82) is 0 Å². The monoisotopic (exact) mass is 465 g/mol. The minimum Gasteiger partial charge on any atom is -0.320 e. The minimum absolute atomic E-state index is 0.0312. The van der Waals surface area contributed by atoms with Crippen molar-refractivity contribution in [2.45, 2.75) is 18.4 Å². The van der Waals surface area contributed by atoms with E-state index in [1.54, 1.807) is 30.3 Å². The number of fused-ring (bicyclic) bond motifs is 1. The van der Waals surface area contributed by atoms with Gasteiger partial charge in [0.2, 0.25) is 0 Å². The lowest BCUT2D eigenvalue weighted by Crippen LogP contribution is -2.43. The molecule has 1 aliphatic carbocycles. The van der Waals surface area contributed by atoms with E-state index in [0.717, 1.165) is 5.56 Å². The maximum Gasteiger partial charge on any atom is 0.329 e. The van der Waals surface area contributed by atoms with Crippen LogP contribution in [0.25, 0.3) is 10.9 Å². The Labute approximate surface area is 192 Å². The molecular formula is C24H17Cl2N3O3. The third-order valence-electron chi connectivity index (χ3n) is 5.82. The van der Waals surface area contributed by atoms with Crippen molar-refractivity contribution in [3.8, 4) is 0 Å². The van der Waals surface area contributed by atoms with E-state index in [1.165, 1.54) is 10.6 Å². The van der Waals surface area contributed by atoms with Crippen LogP contribution in [-0.2, 0) is 5.54 Å². The smallest absolute Gasteiger partial charge is 0.320 e. The third-order valence-corrected chi connectivity index (χ3v) is 6.61. The summed E-state index contributed by atoms with van der Waals surface area (Å²) in [4.78, 5) is 42.3. The molecule has 0 aliphatic heterocycles. The van der Waals surface area contributed by atoms with Gasteiger partial charge in [0.25, 0.3) is 11.5 Å².